The van der Waals surface area contributed by atoms with Crippen molar-refractivity contribution in [2.24, 2.45) is 0 Å². The predicted octanol–water partition coefficient (Wildman–Crippen LogP) is 3.03. The maximum Gasteiger partial charge on any atom is 0.129 e. The molecule has 0 spiro atoms. The van der Waals surface area contributed by atoms with Gasteiger partial charge in [-0.15, -0.1) is 11.8 Å². The molecule has 66 valence electrons. The van der Waals surface area contributed by atoms with Crippen molar-refractivity contribution in [2.45, 2.75) is 18.2 Å². The number of rotatable bonds is 3. The van der Waals surface area contributed by atoms with Crippen molar-refractivity contribution in [1.82, 2.24) is 0 Å². The Hall–Kier alpha value is -0.700. The van der Waals surface area contributed by atoms with E-state index in [1.54, 1.807) is 0 Å². The van der Waals surface area contributed by atoms with Crippen LogP contribution in [-0.4, -0.2) is 10.9 Å². The van der Waals surface area contributed by atoms with Crippen molar-refractivity contribution in [3.05, 3.63) is 24.0 Å². The van der Waals surface area contributed by atoms with Crippen LogP contribution < -0.4 is 0 Å². The Bertz CT molecular complexity index is 263. The van der Waals surface area contributed by atoms with Gasteiger partial charge in [-0.2, -0.15) is 0 Å². The summed E-state index contributed by atoms with van der Waals surface area (Å²) in [6, 6.07) is 3.99. The zero-order valence-electron chi connectivity index (χ0n) is 6.88. The predicted molar refractivity (Wildman–Crippen MR) is 49.1 cm³/mol. The number of hydrogen-bond acceptors (Lipinski definition) is 2. The van der Waals surface area contributed by atoms with Crippen LogP contribution in [0.15, 0.2) is 23.1 Å². The first-order chi connectivity index (χ1) is 5.74. The van der Waals surface area contributed by atoms with E-state index in [1.165, 1.54) is 30.0 Å². The molecule has 12 heavy (non-hydrogen) atoms. The summed E-state index contributed by atoms with van der Waals surface area (Å²) in [6.45, 7) is 2.04. The van der Waals surface area contributed by atoms with E-state index in [-0.39, 0.29) is 11.6 Å². The zero-order chi connectivity index (χ0) is 8.97. The Labute approximate surface area is 75.6 Å². The van der Waals surface area contributed by atoms with E-state index in [4.69, 9.17) is 0 Å². The number of benzene rings is 1. The van der Waals surface area contributed by atoms with Crippen molar-refractivity contribution >= 4 is 11.8 Å². The van der Waals surface area contributed by atoms with Crippen molar-refractivity contribution in [3.8, 4) is 5.75 Å². The summed E-state index contributed by atoms with van der Waals surface area (Å²) >= 11 is 1.47. The number of phenolic OH excluding ortho intramolecular Hbond substituents is 1. The second-order valence-electron chi connectivity index (χ2n) is 2.46. The molecule has 1 aromatic rings. The molecule has 0 radical (unpaired) electrons. The maximum atomic E-state index is 12.7. The molecule has 0 aliphatic rings. The van der Waals surface area contributed by atoms with Crippen molar-refractivity contribution in [1.29, 1.82) is 0 Å². The lowest BCUT2D eigenvalue weighted by molar-refractivity contribution is 0.459. The van der Waals surface area contributed by atoms with Crippen molar-refractivity contribution < 1.29 is 9.50 Å². The fourth-order valence-corrected chi connectivity index (χ4v) is 1.65. The van der Waals surface area contributed by atoms with Gasteiger partial charge in [0.25, 0.3) is 0 Å². The standard InChI is InChI=1S/C9H11FOS/c1-2-5-12-9-6-7(10)3-4-8(9)11/h3-4,6,11H,2,5H2,1H3. The van der Waals surface area contributed by atoms with Gasteiger partial charge in [0, 0.05) is 0 Å². The Morgan fingerprint density at radius 2 is 2.25 bits per heavy atom. The van der Waals surface area contributed by atoms with Crippen LogP contribution in [0, 0.1) is 5.82 Å². The molecule has 0 atom stereocenters. The minimum Gasteiger partial charge on any atom is -0.507 e. The summed E-state index contributed by atoms with van der Waals surface area (Å²) in [7, 11) is 0. The van der Waals surface area contributed by atoms with Gasteiger partial charge < -0.3 is 5.11 Å². The topological polar surface area (TPSA) is 20.2 Å². The smallest absolute Gasteiger partial charge is 0.129 e. The van der Waals surface area contributed by atoms with Crippen LogP contribution in [0.5, 0.6) is 5.75 Å². The van der Waals surface area contributed by atoms with E-state index in [0.717, 1.165) is 12.2 Å². The fourth-order valence-electron chi connectivity index (χ4n) is 0.816. The Balaban J connectivity index is 2.75. The van der Waals surface area contributed by atoms with Crippen LogP contribution in [-0.2, 0) is 0 Å². The van der Waals surface area contributed by atoms with Gasteiger partial charge in [-0.25, -0.2) is 4.39 Å². The monoisotopic (exact) mass is 186 g/mol. The minimum absolute atomic E-state index is 0.162. The SMILES string of the molecule is CCCSc1cc(F)ccc1O. The molecule has 0 heterocycles. The summed E-state index contributed by atoms with van der Waals surface area (Å²) in [5, 5.41) is 9.27. The average molecular weight is 186 g/mol. The molecule has 0 unspecified atom stereocenters. The van der Waals surface area contributed by atoms with E-state index in [0.29, 0.717) is 4.90 Å². The number of thioether (sulfide) groups is 1. The van der Waals surface area contributed by atoms with Gasteiger partial charge in [-0.05, 0) is 30.4 Å². The first kappa shape index (κ1) is 9.39. The molecule has 0 amide bonds. The van der Waals surface area contributed by atoms with Gasteiger partial charge in [0.05, 0.1) is 4.90 Å². The summed E-state index contributed by atoms with van der Waals surface area (Å²) < 4.78 is 12.7. The van der Waals surface area contributed by atoms with Gasteiger partial charge in [0.2, 0.25) is 0 Å². The molecule has 3 heteroatoms. The molecule has 0 aliphatic carbocycles. The molecular formula is C9H11FOS. The van der Waals surface area contributed by atoms with Crippen LogP contribution in [0.2, 0.25) is 0 Å². The highest BCUT2D eigenvalue weighted by atomic mass is 32.2. The molecule has 1 N–H and O–H groups in total. The Kier molecular flexibility index (Phi) is 3.41. The van der Waals surface area contributed by atoms with E-state index in [2.05, 4.69) is 0 Å². The van der Waals surface area contributed by atoms with Crippen LogP contribution >= 0.6 is 11.8 Å². The zero-order valence-corrected chi connectivity index (χ0v) is 7.70. The average Bonchev–Trinajstić information content (AvgIpc) is 2.07. The largest absolute Gasteiger partial charge is 0.507 e. The van der Waals surface area contributed by atoms with Gasteiger partial charge in [0.15, 0.2) is 0 Å². The fraction of sp³-hybridized carbons (Fsp3) is 0.333. The Morgan fingerprint density at radius 3 is 2.92 bits per heavy atom. The molecule has 0 saturated carbocycles. The molecular weight excluding hydrogens is 175 g/mol. The van der Waals surface area contributed by atoms with Crippen LogP contribution in [0.4, 0.5) is 4.39 Å². The second kappa shape index (κ2) is 4.36. The van der Waals surface area contributed by atoms with Crippen LogP contribution in [0.1, 0.15) is 13.3 Å². The summed E-state index contributed by atoms with van der Waals surface area (Å²) in [5.74, 6) is 0.762. The maximum absolute atomic E-state index is 12.7. The molecule has 1 nitrogen and oxygen atoms in total. The van der Waals surface area contributed by atoms with Crippen LogP contribution in [0.3, 0.4) is 0 Å². The molecule has 1 rings (SSSR count). The van der Waals surface area contributed by atoms with Gasteiger partial charge >= 0.3 is 0 Å². The normalized spacial score (nSPS) is 10.2. The van der Waals surface area contributed by atoms with Crippen LogP contribution in [0.25, 0.3) is 0 Å². The van der Waals surface area contributed by atoms with E-state index < -0.39 is 0 Å². The number of hydrogen-bond donors (Lipinski definition) is 1. The lowest BCUT2D eigenvalue weighted by Crippen LogP contribution is -1.80. The number of aromatic hydroxyl groups is 1. The molecule has 1 aromatic carbocycles. The lowest BCUT2D eigenvalue weighted by Gasteiger charge is -2.02. The molecule has 0 aromatic heterocycles. The lowest BCUT2D eigenvalue weighted by atomic mass is 10.3. The Morgan fingerprint density at radius 1 is 1.50 bits per heavy atom. The number of halogens is 1. The van der Waals surface area contributed by atoms with Gasteiger partial charge in [-0.3, -0.25) is 0 Å². The molecule has 0 fully saturated rings. The highest BCUT2D eigenvalue weighted by Crippen LogP contribution is 2.28. The third kappa shape index (κ3) is 2.41. The van der Waals surface area contributed by atoms with Gasteiger partial charge in [-0.1, -0.05) is 6.92 Å². The third-order valence-electron chi connectivity index (χ3n) is 1.38. The van der Waals surface area contributed by atoms with E-state index in [9.17, 15) is 9.50 Å². The van der Waals surface area contributed by atoms with E-state index >= 15 is 0 Å². The molecule has 0 bridgehead atoms. The van der Waals surface area contributed by atoms with Gasteiger partial charge in [0.1, 0.15) is 11.6 Å². The third-order valence-corrected chi connectivity index (χ3v) is 2.63. The highest BCUT2D eigenvalue weighted by molar-refractivity contribution is 7.99. The highest BCUT2D eigenvalue weighted by Gasteiger charge is 2.01. The minimum atomic E-state index is -0.300. The first-order valence-corrected chi connectivity index (χ1v) is 4.84. The summed E-state index contributed by atoms with van der Waals surface area (Å²) in [5.41, 5.74) is 0. The second-order valence-corrected chi connectivity index (χ2v) is 3.60. The van der Waals surface area contributed by atoms with E-state index in [1.807, 2.05) is 6.92 Å². The van der Waals surface area contributed by atoms with Crippen molar-refractivity contribution in [2.75, 3.05) is 5.75 Å². The summed E-state index contributed by atoms with van der Waals surface area (Å²) in [4.78, 5) is 0.622. The van der Waals surface area contributed by atoms with Crippen molar-refractivity contribution in [3.63, 3.8) is 0 Å². The summed E-state index contributed by atoms with van der Waals surface area (Å²) in [6.07, 6.45) is 1.01. The molecule has 0 saturated heterocycles. The molecule has 0 aliphatic heterocycles. The quantitative estimate of drug-likeness (QED) is 0.732. The first-order valence-electron chi connectivity index (χ1n) is 3.85. The number of phenols is 1.